The molecule has 2 amide bonds. The number of phenols is 1. The Labute approximate surface area is 198 Å². The van der Waals surface area contributed by atoms with E-state index < -0.39 is 39.6 Å². The fraction of sp³-hybridized carbons (Fsp3) is 0.0833. The van der Waals surface area contributed by atoms with Crippen molar-refractivity contribution in [2.24, 2.45) is 10.2 Å². The molecular weight excluding hydrogens is 454 g/mol. The first-order chi connectivity index (χ1) is 16.7. The number of hydrogen-bond donors (Lipinski definition) is 3. The third-order valence-corrected chi connectivity index (χ3v) is 5.18. The fourth-order valence-electron chi connectivity index (χ4n) is 3.56. The van der Waals surface area contributed by atoms with E-state index in [1.807, 2.05) is 19.1 Å². The molecule has 0 unspecified atom stereocenters. The maximum absolute atomic E-state index is 12.6. The highest BCUT2D eigenvalue weighted by Crippen LogP contribution is 2.39. The van der Waals surface area contributed by atoms with Gasteiger partial charge in [-0.1, -0.05) is 30.3 Å². The van der Waals surface area contributed by atoms with Gasteiger partial charge >= 0.3 is 0 Å². The molecule has 0 saturated heterocycles. The summed E-state index contributed by atoms with van der Waals surface area (Å²) in [6.07, 6.45) is 0. The number of non-ortho nitro benzene ring substituents is 1. The van der Waals surface area contributed by atoms with Gasteiger partial charge in [0.25, 0.3) is 11.6 Å². The number of aromatic nitrogens is 1. The second kappa shape index (κ2) is 9.43. The number of phenolic OH excluding ortho intramolecular Hbond substituents is 1. The van der Waals surface area contributed by atoms with E-state index in [9.17, 15) is 29.9 Å². The average molecular weight is 473 g/mol. The van der Waals surface area contributed by atoms with Crippen molar-refractivity contribution in [3.8, 4) is 11.6 Å². The molecule has 1 heterocycles. The van der Waals surface area contributed by atoms with E-state index in [-0.39, 0.29) is 12.2 Å². The van der Waals surface area contributed by atoms with Gasteiger partial charge in [0.2, 0.25) is 11.8 Å². The predicted octanol–water partition coefficient (Wildman–Crippen LogP) is 4.83. The lowest BCUT2D eigenvalue weighted by Gasteiger charge is -2.09. The van der Waals surface area contributed by atoms with Crippen LogP contribution in [0, 0.1) is 17.0 Å². The fourth-order valence-corrected chi connectivity index (χ4v) is 3.56. The molecule has 4 aromatic rings. The normalized spacial score (nSPS) is 11.1. The number of anilines is 1. The second-order valence-electron chi connectivity index (χ2n) is 7.66. The SMILES string of the molecule is Cc1cccc(NC(=O)Cn2c(O)c(N=NC(=O)c3cc([N+](=O)[O-])ccc3O)c3ccccc32)c1. The highest BCUT2D eigenvalue weighted by atomic mass is 16.6. The third-order valence-electron chi connectivity index (χ3n) is 5.18. The minimum Gasteiger partial charge on any atom is -0.507 e. The Kier molecular flexibility index (Phi) is 6.23. The van der Waals surface area contributed by atoms with Crippen LogP contribution in [0.25, 0.3) is 10.9 Å². The first-order valence-corrected chi connectivity index (χ1v) is 10.3. The van der Waals surface area contributed by atoms with Crippen molar-refractivity contribution in [1.82, 2.24) is 4.57 Å². The molecule has 11 nitrogen and oxygen atoms in total. The van der Waals surface area contributed by atoms with Crippen molar-refractivity contribution in [2.45, 2.75) is 13.5 Å². The molecule has 3 aromatic carbocycles. The van der Waals surface area contributed by atoms with Gasteiger partial charge in [-0.15, -0.1) is 10.2 Å². The van der Waals surface area contributed by atoms with Gasteiger partial charge in [0.05, 0.1) is 16.0 Å². The van der Waals surface area contributed by atoms with Gasteiger partial charge in [-0.25, -0.2) is 0 Å². The van der Waals surface area contributed by atoms with Gasteiger partial charge in [-0.05, 0) is 36.8 Å². The largest absolute Gasteiger partial charge is 0.507 e. The van der Waals surface area contributed by atoms with Gasteiger partial charge in [-0.3, -0.25) is 19.7 Å². The summed E-state index contributed by atoms with van der Waals surface area (Å²) in [6, 6.07) is 16.9. The van der Waals surface area contributed by atoms with Crippen molar-refractivity contribution in [3.63, 3.8) is 0 Å². The number of carbonyl (C=O) groups excluding carboxylic acids is 2. The predicted molar refractivity (Wildman–Crippen MR) is 127 cm³/mol. The number of azo groups is 1. The lowest BCUT2D eigenvalue weighted by Crippen LogP contribution is -2.18. The van der Waals surface area contributed by atoms with Gasteiger partial charge in [0.1, 0.15) is 12.3 Å². The molecule has 0 aliphatic heterocycles. The van der Waals surface area contributed by atoms with Crippen molar-refractivity contribution < 1.29 is 24.7 Å². The highest BCUT2D eigenvalue weighted by Gasteiger charge is 2.20. The number of nitrogens with zero attached hydrogens (tertiary/aromatic N) is 4. The molecule has 0 atom stereocenters. The molecule has 176 valence electrons. The molecule has 35 heavy (non-hydrogen) atoms. The number of fused-ring (bicyclic) bond motifs is 1. The Bertz CT molecular complexity index is 1510. The summed E-state index contributed by atoms with van der Waals surface area (Å²) in [7, 11) is 0. The minimum atomic E-state index is -1.04. The van der Waals surface area contributed by atoms with E-state index in [4.69, 9.17) is 0 Å². The number of amides is 2. The number of para-hydroxylation sites is 1. The summed E-state index contributed by atoms with van der Waals surface area (Å²) < 4.78 is 1.32. The van der Waals surface area contributed by atoms with E-state index in [0.717, 1.165) is 23.8 Å². The standard InChI is InChI=1S/C24H19N5O6/c1-14-5-4-6-15(11-14)25-21(31)13-28-19-8-3-2-7-17(19)22(24(28)33)26-27-23(32)18-12-16(29(34)35)9-10-20(18)30/h2-12,30,33H,13H2,1H3,(H,25,31). The number of hydrogen-bond acceptors (Lipinski definition) is 7. The monoisotopic (exact) mass is 473 g/mol. The highest BCUT2D eigenvalue weighted by molar-refractivity contribution is 6.00. The van der Waals surface area contributed by atoms with Gasteiger partial charge in [0.15, 0.2) is 5.69 Å². The number of aromatic hydroxyl groups is 2. The van der Waals surface area contributed by atoms with Crippen LogP contribution in [0.3, 0.4) is 0 Å². The Morgan fingerprint density at radius 3 is 2.57 bits per heavy atom. The molecule has 0 saturated carbocycles. The number of aryl methyl sites for hydroxylation is 1. The summed E-state index contributed by atoms with van der Waals surface area (Å²) in [6.45, 7) is 1.66. The quantitative estimate of drug-likeness (QED) is 0.206. The molecule has 11 heteroatoms. The Morgan fingerprint density at radius 2 is 1.83 bits per heavy atom. The summed E-state index contributed by atoms with van der Waals surface area (Å²) in [5, 5.41) is 42.3. The number of carbonyl (C=O) groups is 2. The van der Waals surface area contributed by atoms with E-state index in [1.54, 1.807) is 36.4 Å². The molecule has 0 radical (unpaired) electrons. The molecule has 0 aliphatic carbocycles. The molecule has 0 aliphatic rings. The molecule has 0 bridgehead atoms. The van der Waals surface area contributed by atoms with Crippen LogP contribution in [-0.4, -0.2) is 31.5 Å². The molecule has 1 aromatic heterocycles. The lowest BCUT2D eigenvalue weighted by molar-refractivity contribution is -0.384. The molecule has 0 fully saturated rings. The van der Waals surface area contributed by atoms with E-state index >= 15 is 0 Å². The van der Waals surface area contributed by atoms with Gasteiger partial charge in [-0.2, -0.15) is 0 Å². The van der Waals surface area contributed by atoms with E-state index in [0.29, 0.717) is 16.6 Å². The Morgan fingerprint density at radius 1 is 1.06 bits per heavy atom. The number of nitrogens with one attached hydrogen (secondary N) is 1. The summed E-state index contributed by atoms with van der Waals surface area (Å²) in [5.74, 6) is -2.34. The maximum atomic E-state index is 12.6. The summed E-state index contributed by atoms with van der Waals surface area (Å²) in [4.78, 5) is 35.4. The zero-order valence-electron chi connectivity index (χ0n) is 18.4. The number of rotatable bonds is 6. The molecule has 3 N–H and O–H groups in total. The Balaban J connectivity index is 1.64. The first-order valence-electron chi connectivity index (χ1n) is 10.3. The van der Waals surface area contributed by atoms with Gasteiger partial charge < -0.3 is 20.1 Å². The average Bonchev–Trinajstić information content (AvgIpc) is 3.08. The topological polar surface area (TPSA) is 159 Å². The first kappa shape index (κ1) is 23.1. The second-order valence-corrected chi connectivity index (χ2v) is 7.66. The van der Waals surface area contributed by atoms with E-state index in [2.05, 4.69) is 15.5 Å². The zero-order chi connectivity index (χ0) is 25.1. The van der Waals surface area contributed by atoms with Crippen LogP contribution in [0.15, 0.2) is 77.0 Å². The lowest BCUT2D eigenvalue weighted by atomic mass is 10.1. The number of nitro benzene ring substituents is 1. The zero-order valence-corrected chi connectivity index (χ0v) is 18.4. The summed E-state index contributed by atoms with van der Waals surface area (Å²) in [5.41, 5.74) is 1.17. The van der Waals surface area contributed by atoms with Crippen LogP contribution in [0.5, 0.6) is 11.6 Å². The summed E-state index contributed by atoms with van der Waals surface area (Å²) >= 11 is 0. The Hall–Kier alpha value is -5.06. The van der Waals surface area contributed by atoms with Crippen LogP contribution in [0.4, 0.5) is 17.1 Å². The van der Waals surface area contributed by atoms with Crippen LogP contribution in [0.1, 0.15) is 15.9 Å². The van der Waals surface area contributed by atoms with Crippen molar-refractivity contribution >= 4 is 39.8 Å². The van der Waals surface area contributed by atoms with Crippen molar-refractivity contribution in [2.75, 3.05) is 5.32 Å². The van der Waals surface area contributed by atoms with Crippen LogP contribution < -0.4 is 5.32 Å². The van der Waals surface area contributed by atoms with Crippen LogP contribution in [-0.2, 0) is 11.3 Å². The smallest absolute Gasteiger partial charge is 0.299 e. The van der Waals surface area contributed by atoms with Gasteiger partial charge in [0, 0.05) is 23.2 Å². The molecule has 0 spiro atoms. The van der Waals surface area contributed by atoms with Crippen LogP contribution >= 0.6 is 0 Å². The number of benzene rings is 3. The van der Waals surface area contributed by atoms with Crippen molar-refractivity contribution in [3.05, 3.63) is 88.0 Å². The minimum absolute atomic E-state index is 0.0674. The molecular formula is C24H19N5O6. The maximum Gasteiger partial charge on any atom is 0.299 e. The van der Waals surface area contributed by atoms with Crippen molar-refractivity contribution in [1.29, 1.82) is 0 Å². The van der Waals surface area contributed by atoms with E-state index in [1.165, 1.54) is 4.57 Å². The van der Waals surface area contributed by atoms with Crippen LogP contribution in [0.2, 0.25) is 0 Å². The third kappa shape index (κ3) is 4.83. The molecule has 4 rings (SSSR count). The number of nitro groups is 1.